The lowest BCUT2D eigenvalue weighted by Crippen LogP contribution is -2.52. The zero-order valence-corrected chi connectivity index (χ0v) is 12.9. The molecule has 2 aliphatic heterocycles. The van der Waals surface area contributed by atoms with Gasteiger partial charge in [0.25, 0.3) is 0 Å². The van der Waals surface area contributed by atoms with Crippen LogP contribution in [0.4, 0.5) is 0 Å². The van der Waals surface area contributed by atoms with Gasteiger partial charge in [-0.15, -0.1) is 11.3 Å². The number of halogens is 1. The minimum Gasteiger partial charge on any atom is -0.337 e. The number of hydrogen-bond acceptors (Lipinski definition) is 4. The molecule has 3 heterocycles. The van der Waals surface area contributed by atoms with Crippen molar-refractivity contribution in [2.24, 2.45) is 0 Å². The molecule has 102 valence electrons. The third-order valence-electron chi connectivity index (χ3n) is 3.79. The van der Waals surface area contributed by atoms with Crippen LogP contribution >= 0.6 is 27.3 Å². The summed E-state index contributed by atoms with van der Waals surface area (Å²) in [7, 11) is 0. The van der Waals surface area contributed by atoms with Gasteiger partial charge in [-0.2, -0.15) is 0 Å². The van der Waals surface area contributed by atoms with Gasteiger partial charge in [0.2, 0.25) is 5.91 Å². The van der Waals surface area contributed by atoms with Gasteiger partial charge in [-0.25, -0.2) is 0 Å². The van der Waals surface area contributed by atoms with Crippen molar-refractivity contribution in [1.82, 2.24) is 9.80 Å². The second-order valence-corrected chi connectivity index (χ2v) is 7.50. The molecule has 1 amide bonds. The second-order valence-electron chi connectivity index (χ2n) is 5.04. The lowest BCUT2D eigenvalue weighted by molar-refractivity contribution is -0.130. The summed E-state index contributed by atoms with van der Waals surface area (Å²) in [6.07, 6.45) is 1.61. The third kappa shape index (κ3) is 2.75. The maximum absolute atomic E-state index is 12.2. The Balaban J connectivity index is 1.59. The molecule has 3 rings (SSSR count). The van der Waals surface area contributed by atoms with E-state index >= 15 is 0 Å². The number of piperazine rings is 1. The van der Waals surface area contributed by atoms with E-state index in [0.717, 1.165) is 34.7 Å². The van der Waals surface area contributed by atoms with Crippen LogP contribution in [0.25, 0.3) is 0 Å². The predicted octanol–water partition coefficient (Wildman–Crippen LogP) is 2.00. The van der Waals surface area contributed by atoms with Crippen LogP contribution in [-0.4, -0.2) is 53.7 Å². The molecule has 2 fully saturated rings. The molecule has 2 aliphatic rings. The number of thiophene rings is 1. The van der Waals surface area contributed by atoms with Gasteiger partial charge >= 0.3 is 0 Å². The topological polar surface area (TPSA) is 40.6 Å². The SMILES string of the molecule is O=C(CN1CCN2C(=O)CCC2C1)c1ccc(Br)s1. The van der Waals surface area contributed by atoms with E-state index in [-0.39, 0.29) is 11.7 Å². The molecule has 4 nitrogen and oxygen atoms in total. The number of carbonyl (C=O) groups excluding carboxylic acids is 2. The normalized spacial score (nSPS) is 23.7. The molecule has 1 aromatic heterocycles. The number of hydrogen-bond donors (Lipinski definition) is 0. The number of nitrogens with zero attached hydrogens (tertiary/aromatic N) is 2. The monoisotopic (exact) mass is 342 g/mol. The quantitative estimate of drug-likeness (QED) is 0.789. The molecule has 0 aromatic carbocycles. The van der Waals surface area contributed by atoms with Gasteiger partial charge in [0.05, 0.1) is 15.2 Å². The van der Waals surface area contributed by atoms with Crippen molar-refractivity contribution in [3.8, 4) is 0 Å². The zero-order chi connectivity index (χ0) is 13.4. The maximum atomic E-state index is 12.2. The fraction of sp³-hybridized carbons (Fsp3) is 0.538. The summed E-state index contributed by atoms with van der Waals surface area (Å²) in [6.45, 7) is 2.88. The molecule has 6 heteroatoms. The molecule has 1 unspecified atom stereocenters. The summed E-state index contributed by atoms with van der Waals surface area (Å²) >= 11 is 4.86. The van der Waals surface area contributed by atoms with E-state index in [1.165, 1.54) is 11.3 Å². The minimum absolute atomic E-state index is 0.175. The van der Waals surface area contributed by atoms with Gasteiger partial charge in [0.1, 0.15) is 0 Å². The largest absolute Gasteiger partial charge is 0.337 e. The van der Waals surface area contributed by atoms with Gasteiger partial charge in [-0.3, -0.25) is 14.5 Å². The fourth-order valence-electron chi connectivity index (χ4n) is 2.82. The number of carbonyl (C=O) groups is 2. The Morgan fingerprint density at radius 2 is 2.26 bits per heavy atom. The van der Waals surface area contributed by atoms with Crippen molar-refractivity contribution in [3.63, 3.8) is 0 Å². The van der Waals surface area contributed by atoms with Crippen LogP contribution < -0.4 is 0 Å². The van der Waals surface area contributed by atoms with Crippen LogP contribution in [-0.2, 0) is 4.79 Å². The first-order valence-electron chi connectivity index (χ1n) is 6.44. The van der Waals surface area contributed by atoms with Crippen molar-refractivity contribution in [2.45, 2.75) is 18.9 Å². The van der Waals surface area contributed by atoms with Crippen LogP contribution in [0.5, 0.6) is 0 Å². The summed E-state index contributed by atoms with van der Waals surface area (Å²) < 4.78 is 0.988. The van der Waals surface area contributed by atoms with E-state index in [4.69, 9.17) is 0 Å². The van der Waals surface area contributed by atoms with Crippen molar-refractivity contribution in [2.75, 3.05) is 26.2 Å². The van der Waals surface area contributed by atoms with E-state index in [0.29, 0.717) is 19.0 Å². The first-order chi connectivity index (χ1) is 9.13. The molecule has 19 heavy (non-hydrogen) atoms. The minimum atomic E-state index is 0.175. The van der Waals surface area contributed by atoms with Crippen molar-refractivity contribution in [1.29, 1.82) is 0 Å². The Morgan fingerprint density at radius 3 is 3.00 bits per heavy atom. The van der Waals surface area contributed by atoms with E-state index in [9.17, 15) is 9.59 Å². The van der Waals surface area contributed by atoms with Gasteiger partial charge in [0.15, 0.2) is 5.78 Å². The number of ketones is 1. The first kappa shape index (κ1) is 13.3. The third-order valence-corrected chi connectivity index (χ3v) is 5.46. The van der Waals surface area contributed by atoms with Crippen LogP contribution in [0.2, 0.25) is 0 Å². The molecule has 0 spiro atoms. The Bertz CT molecular complexity index is 516. The number of rotatable bonds is 3. The molecule has 0 bridgehead atoms. The molecule has 0 aliphatic carbocycles. The number of fused-ring (bicyclic) bond motifs is 1. The van der Waals surface area contributed by atoms with E-state index in [1.54, 1.807) is 0 Å². The summed E-state index contributed by atoms with van der Waals surface area (Å²) in [6, 6.07) is 4.10. The fourth-order valence-corrected chi connectivity index (χ4v) is 4.13. The highest BCUT2D eigenvalue weighted by atomic mass is 79.9. The van der Waals surface area contributed by atoms with Crippen LogP contribution in [0, 0.1) is 0 Å². The van der Waals surface area contributed by atoms with E-state index < -0.39 is 0 Å². The van der Waals surface area contributed by atoms with E-state index in [1.807, 2.05) is 17.0 Å². The molecule has 0 N–H and O–H groups in total. The average Bonchev–Trinajstić information content (AvgIpc) is 2.97. The molecular formula is C13H15BrN2O2S. The lowest BCUT2D eigenvalue weighted by atomic mass is 10.1. The van der Waals surface area contributed by atoms with Gasteiger partial charge < -0.3 is 4.90 Å². The Morgan fingerprint density at radius 1 is 1.42 bits per heavy atom. The second kappa shape index (κ2) is 5.34. The Labute approximate surface area is 124 Å². The van der Waals surface area contributed by atoms with E-state index in [2.05, 4.69) is 20.8 Å². The molecule has 1 atom stereocenters. The molecule has 2 saturated heterocycles. The lowest BCUT2D eigenvalue weighted by Gasteiger charge is -2.37. The van der Waals surface area contributed by atoms with Crippen molar-refractivity contribution < 1.29 is 9.59 Å². The number of Topliss-reactive ketones (excluding diaryl/α,β-unsaturated/α-hetero) is 1. The average molecular weight is 343 g/mol. The zero-order valence-electron chi connectivity index (χ0n) is 10.5. The summed E-state index contributed by atoms with van der Waals surface area (Å²) in [5.41, 5.74) is 0. The highest BCUT2D eigenvalue weighted by molar-refractivity contribution is 9.11. The van der Waals surface area contributed by atoms with Gasteiger partial charge in [-0.1, -0.05) is 0 Å². The Hall–Kier alpha value is -0.720. The van der Waals surface area contributed by atoms with Crippen LogP contribution in [0.3, 0.4) is 0 Å². The highest BCUT2D eigenvalue weighted by Crippen LogP contribution is 2.25. The molecule has 1 aromatic rings. The summed E-state index contributed by atoms with van der Waals surface area (Å²) in [5, 5.41) is 0. The van der Waals surface area contributed by atoms with Crippen LogP contribution in [0.15, 0.2) is 15.9 Å². The predicted molar refractivity (Wildman–Crippen MR) is 77.5 cm³/mol. The Kier molecular flexibility index (Phi) is 3.73. The molecule has 0 radical (unpaired) electrons. The summed E-state index contributed by atoms with van der Waals surface area (Å²) in [4.78, 5) is 28.7. The molecule has 0 saturated carbocycles. The smallest absolute Gasteiger partial charge is 0.222 e. The maximum Gasteiger partial charge on any atom is 0.222 e. The molecular weight excluding hydrogens is 328 g/mol. The number of amides is 1. The standard InChI is InChI=1S/C13H15BrN2O2S/c14-12-3-2-11(19-12)10(17)8-15-5-6-16-9(7-15)1-4-13(16)18/h2-3,9H,1,4-8H2. The highest BCUT2D eigenvalue weighted by Gasteiger charge is 2.35. The summed E-state index contributed by atoms with van der Waals surface area (Å²) in [5.74, 6) is 0.451. The van der Waals surface area contributed by atoms with Crippen LogP contribution in [0.1, 0.15) is 22.5 Å². The first-order valence-corrected chi connectivity index (χ1v) is 8.05. The van der Waals surface area contributed by atoms with Gasteiger partial charge in [-0.05, 0) is 34.5 Å². The van der Waals surface area contributed by atoms with Crippen molar-refractivity contribution >= 4 is 39.0 Å². The van der Waals surface area contributed by atoms with Gasteiger partial charge in [0, 0.05) is 32.1 Å². The van der Waals surface area contributed by atoms with Crippen molar-refractivity contribution in [3.05, 3.63) is 20.8 Å².